The third-order valence-corrected chi connectivity index (χ3v) is 21.8. The molecule has 0 aromatic heterocycles. The van der Waals surface area contributed by atoms with Gasteiger partial charge in [0.15, 0.2) is 0 Å². The predicted molar refractivity (Wildman–Crippen MR) is 114 cm³/mol. The zero-order chi connectivity index (χ0) is 19.3. The van der Waals surface area contributed by atoms with Crippen LogP contribution in [0.3, 0.4) is 0 Å². The molecule has 0 unspecified atom stereocenters. The molecule has 0 aliphatic rings. The summed E-state index contributed by atoms with van der Waals surface area (Å²) in [6.07, 6.45) is 12.0. The van der Waals surface area contributed by atoms with Gasteiger partial charge in [-0.05, 0) is 0 Å². The third-order valence-electron chi connectivity index (χ3n) is 5.28. The summed E-state index contributed by atoms with van der Waals surface area (Å²) in [5, 5.41) is 0. The van der Waals surface area contributed by atoms with Crippen LogP contribution in [0.1, 0.15) is 99.8 Å². The summed E-state index contributed by atoms with van der Waals surface area (Å²) in [6, 6.07) is 0. The second-order valence-electron chi connectivity index (χ2n) is 8.05. The van der Waals surface area contributed by atoms with E-state index in [4.69, 9.17) is 4.74 Å². The summed E-state index contributed by atoms with van der Waals surface area (Å²) in [4.78, 5) is 11.8. The molecule has 0 aliphatic carbocycles. The van der Waals surface area contributed by atoms with Gasteiger partial charge in [0, 0.05) is 0 Å². The van der Waals surface area contributed by atoms with E-state index in [1.807, 2.05) is 6.92 Å². The number of hydrogen-bond donors (Lipinski definition) is 0. The van der Waals surface area contributed by atoms with Gasteiger partial charge in [0.1, 0.15) is 0 Å². The molecular weight excluding hydrogens is 415 g/mol. The van der Waals surface area contributed by atoms with Crippen molar-refractivity contribution in [3.8, 4) is 0 Å². The van der Waals surface area contributed by atoms with Gasteiger partial charge in [-0.15, -0.1) is 0 Å². The van der Waals surface area contributed by atoms with Gasteiger partial charge in [-0.25, -0.2) is 0 Å². The first-order valence-corrected chi connectivity index (χ1v) is 18.2. The van der Waals surface area contributed by atoms with E-state index >= 15 is 0 Å². The molecule has 0 heterocycles. The normalized spacial score (nSPS) is 13.2. The predicted octanol–water partition coefficient (Wildman–Crippen LogP) is 7.44. The number of carbonyl (C=O) groups is 1. The van der Waals surface area contributed by atoms with E-state index in [9.17, 15) is 4.79 Å². The minimum absolute atomic E-state index is 0.0897. The Hall–Kier alpha value is 0.00870. The number of esters is 1. The molecule has 0 fully saturated rings. The van der Waals surface area contributed by atoms with Crippen LogP contribution in [-0.2, 0) is 9.53 Å². The summed E-state index contributed by atoms with van der Waals surface area (Å²) in [6.45, 7) is 15.3. The summed E-state index contributed by atoms with van der Waals surface area (Å²) in [5.41, 5.74) is -0.467. The molecule has 0 saturated heterocycles. The van der Waals surface area contributed by atoms with Crippen molar-refractivity contribution in [2.75, 3.05) is 0 Å². The molecule has 0 radical (unpaired) electrons. The Kier molecular flexibility index (Phi) is 13.2. The van der Waals surface area contributed by atoms with Crippen molar-refractivity contribution in [2.45, 2.75) is 119 Å². The second kappa shape index (κ2) is 13.2. The van der Waals surface area contributed by atoms with Gasteiger partial charge in [-0.2, -0.15) is 0 Å². The number of carbonyl (C=O) groups excluding carboxylic acids is 1. The van der Waals surface area contributed by atoms with E-state index in [1.54, 1.807) is 3.59 Å². The molecule has 0 aromatic carbocycles. The fraction of sp³-hybridized carbons (Fsp3) is 0.864. The topological polar surface area (TPSA) is 26.3 Å². The number of rotatable bonds is 14. The van der Waals surface area contributed by atoms with Crippen molar-refractivity contribution < 1.29 is 9.53 Å². The molecular formula is C22H44O2Sn. The van der Waals surface area contributed by atoms with Crippen LogP contribution in [-0.4, -0.2) is 29.9 Å². The summed E-state index contributed by atoms with van der Waals surface area (Å²) >= 11 is -2.40. The van der Waals surface area contributed by atoms with Crippen LogP contribution < -0.4 is 0 Å². The van der Waals surface area contributed by atoms with Crippen molar-refractivity contribution in [1.29, 1.82) is 0 Å². The van der Waals surface area contributed by atoms with Crippen molar-refractivity contribution >= 4 is 24.3 Å². The van der Waals surface area contributed by atoms with Gasteiger partial charge in [0.05, 0.1) is 0 Å². The van der Waals surface area contributed by atoms with Crippen molar-refractivity contribution in [1.82, 2.24) is 0 Å². The van der Waals surface area contributed by atoms with Crippen LogP contribution in [0.2, 0.25) is 13.3 Å². The minimum atomic E-state index is -2.40. The maximum atomic E-state index is 11.8. The molecule has 0 atom stereocenters. The van der Waals surface area contributed by atoms with Gasteiger partial charge in [0.2, 0.25) is 0 Å². The monoisotopic (exact) mass is 460 g/mol. The van der Waals surface area contributed by atoms with Gasteiger partial charge in [-0.1, -0.05) is 0 Å². The number of unbranched alkanes of at least 4 members (excludes halogenated alkanes) is 3. The first kappa shape index (κ1) is 25.0. The van der Waals surface area contributed by atoms with Crippen molar-refractivity contribution in [3.63, 3.8) is 0 Å². The van der Waals surface area contributed by atoms with E-state index in [0.29, 0.717) is 6.42 Å². The Morgan fingerprint density at radius 2 is 1.28 bits per heavy atom. The SMILES string of the molecule is CCC[CH2][Sn]([CH2]CCC)([CH2]CCC)/[C](=C/C(C)(C)OC(=O)CC)CC. The molecule has 25 heavy (non-hydrogen) atoms. The van der Waals surface area contributed by atoms with Crippen molar-refractivity contribution in [3.05, 3.63) is 9.67 Å². The van der Waals surface area contributed by atoms with E-state index < -0.39 is 24.0 Å². The van der Waals surface area contributed by atoms with Gasteiger partial charge >= 0.3 is 162 Å². The molecule has 0 bridgehead atoms. The number of allylic oxidation sites excluding steroid dienone is 1. The van der Waals surface area contributed by atoms with E-state index in [1.165, 1.54) is 51.8 Å². The Morgan fingerprint density at radius 3 is 1.60 bits per heavy atom. The Bertz CT molecular complexity index is 377. The average molecular weight is 459 g/mol. The van der Waals surface area contributed by atoms with Crippen LogP contribution in [0.15, 0.2) is 9.67 Å². The molecule has 0 aliphatic heterocycles. The number of hydrogen-bond acceptors (Lipinski definition) is 2. The van der Waals surface area contributed by atoms with Crippen LogP contribution in [0, 0.1) is 0 Å². The van der Waals surface area contributed by atoms with Crippen LogP contribution in [0.25, 0.3) is 0 Å². The Labute approximate surface area is 162 Å². The molecule has 0 N–H and O–H groups in total. The standard InChI is InChI=1S/C10H17O2.3C4H9.Sn/c1-5-7-8-10(3,4)12-9(11)6-2;3*1-3-4-2;/h8H,5-6H2,1-4H3;3*1,3-4H2,2H3;. The van der Waals surface area contributed by atoms with Gasteiger partial charge in [0.25, 0.3) is 0 Å². The summed E-state index contributed by atoms with van der Waals surface area (Å²) < 4.78 is 11.9. The van der Waals surface area contributed by atoms with E-state index in [-0.39, 0.29) is 5.97 Å². The molecule has 0 saturated carbocycles. The zero-order valence-corrected chi connectivity index (χ0v) is 21.0. The fourth-order valence-corrected chi connectivity index (χ4v) is 21.6. The van der Waals surface area contributed by atoms with Crippen LogP contribution >= 0.6 is 0 Å². The van der Waals surface area contributed by atoms with Crippen molar-refractivity contribution in [2.24, 2.45) is 0 Å². The molecule has 0 spiro atoms. The molecule has 148 valence electrons. The maximum absolute atomic E-state index is 11.8. The molecule has 3 heteroatoms. The Balaban J connectivity index is 5.75. The van der Waals surface area contributed by atoms with Gasteiger partial charge < -0.3 is 0 Å². The quantitative estimate of drug-likeness (QED) is 0.199. The molecule has 0 amide bonds. The third kappa shape index (κ3) is 9.49. The van der Waals surface area contributed by atoms with E-state index in [0.717, 1.165) is 6.42 Å². The number of ether oxygens (including phenoxy) is 1. The summed E-state index contributed by atoms with van der Waals surface area (Å²) in [5.74, 6) is -0.0897. The summed E-state index contributed by atoms with van der Waals surface area (Å²) in [7, 11) is 0. The molecule has 2 nitrogen and oxygen atoms in total. The van der Waals surface area contributed by atoms with Crippen LogP contribution in [0.4, 0.5) is 0 Å². The van der Waals surface area contributed by atoms with E-state index in [2.05, 4.69) is 47.6 Å². The molecule has 0 rings (SSSR count). The Morgan fingerprint density at radius 1 is 0.840 bits per heavy atom. The molecule has 0 aromatic rings. The fourth-order valence-electron chi connectivity index (χ4n) is 3.85. The van der Waals surface area contributed by atoms with Gasteiger partial charge in [-0.3, -0.25) is 0 Å². The first-order chi connectivity index (χ1) is 11.8. The zero-order valence-electron chi connectivity index (χ0n) is 18.2. The second-order valence-corrected chi connectivity index (χ2v) is 21.5. The average Bonchev–Trinajstić information content (AvgIpc) is 2.59. The van der Waals surface area contributed by atoms with Crippen LogP contribution in [0.5, 0.6) is 0 Å². The first-order valence-electron chi connectivity index (χ1n) is 10.7.